The Bertz CT molecular complexity index is 786. The summed E-state index contributed by atoms with van der Waals surface area (Å²) in [5.41, 5.74) is 2.28. The third kappa shape index (κ3) is 2.76. The van der Waals surface area contributed by atoms with Gasteiger partial charge in [0.1, 0.15) is 11.4 Å². The fourth-order valence-corrected chi connectivity index (χ4v) is 2.53. The van der Waals surface area contributed by atoms with Gasteiger partial charge in [-0.1, -0.05) is 18.1 Å². The summed E-state index contributed by atoms with van der Waals surface area (Å²) in [6, 6.07) is 9.09. The third-order valence-corrected chi connectivity index (χ3v) is 3.77. The van der Waals surface area contributed by atoms with Crippen LogP contribution in [0.2, 0.25) is 0 Å². The molecule has 0 aliphatic heterocycles. The molecule has 0 unspecified atom stereocenters. The van der Waals surface area contributed by atoms with Crippen molar-refractivity contribution in [3.8, 4) is 28.7 Å². The van der Waals surface area contributed by atoms with Crippen LogP contribution in [0.5, 0.6) is 5.75 Å². The molecule has 2 heterocycles. The molecule has 0 saturated carbocycles. The Morgan fingerprint density at radius 3 is 2.95 bits per heavy atom. The van der Waals surface area contributed by atoms with Crippen LogP contribution in [-0.2, 0) is 6.42 Å². The Morgan fingerprint density at radius 2 is 2.14 bits per heavy atom. The van der Waals surface area contributed by atoms with Crippen LogP contribution in [0.1, 0.15) is 12.5 Å². The van der Waals surface area contributed by atoms with Crippen LogP contribution in [0.15, 0.2) is 41.1 Å². The van der Waals surface area contributed by atoms with Gasteiger partial charge in [0.2, 0.25) is 5.82 Å². The van der Waals surface area contributed by atoms with Crippen molar-refractivity contribution in [3.05, 3.63) is 45.7 Å². The molecule has 0 atom stereocenters. The van der Waals surface area contributed by atoms with Gasteiger partial charge in [0, 0.05) is 9.77 Å². The van der Waals surface area contributed by atoms with Crippen LogP contribution in [0.3, 0.4) is 0 Å². The summed E-state index contributed by atoms with van der Waals surface area (Å²) < 4.78 is 6.25. The highest BCUT2D eigenvalue weighted by molar-refractivity contribution is 14.1. The first-order chi connectivity index (χ1) is 10.2. The molecule has 6 heteroatoms. The Hall–Kier alpha value is -1.96. The normalized spacial score (nSPS) is 10.8. The molecule has 1 N–H and O–H groups in total. The molecular weight excluding hydrogens is 381 g/mol. The van der Waals surface area contributed by atoms with Crippen LogP contribution in [-0.4, -0.2) is 20.2 Å². The van der Waals surface area contributed by atoms with Crippen molar-refractivity contribution in [2.75, 3.05) is 0 Å². The van der Waals surface area contributed by atoms with E-state index in [1.165, 1.54) is 0 Å². The van der Waals surface area contributed by atoms with Crippen LogP contribution >= 0.6 is 22.6 Å². The van der Waals surface area contributed by atoms with E-state index in [0.717, 1.165) is 15.6 Å². The van der Waals surface area contributed by atoms with Crippen molar-refractivity contribution in [2.24, 2.45) is 0 Å². The predicted molar refractivity (Wildman–Crippen MR) is 86.7 cm³/mol. The van der Waals surface area contributed by atoms with E-state index in [-0.39, 0.29) is 11.6 Å². The number of pyridine rings is 1. The minimum absolute atomic E-state index is 0.113. The van der Waals surface area contributed by atoms with E-state index in [1.54, 1.807) is 18.3 Å². The SMILES string of the molecule is CCc1cccnc1-c1noc(-c2cc(I)ccc2O)n1. The summed E-state index contributed by atoms with van der Waals surface area (Å²) in [6.45, 7) is 2.05. The number of aromatic nitrogens is 3. The fourth-order valence-electron chi connectivity index (χ4n) is 2.03. The fraction of sp³-hybridized carbons (Fsp3) is 0.133. The maximum Gasteiger partial charge on any atom is 0.262 e. The standard InChI is InChI=1S/C15H12IN3O2/c1-2-9-4-3-7-17-13(9)14-18-15(21-19-14)11-8-10(16)5-6-12(11)20/h3-8,20H,2H2,1H3. The zero-order valence-corrected chi connectivity index (χ0v) is 13.4. The molecule has 0 saturated heterocycles. The number of hydrogen-bond donors (Lipinski definition) is 1. The average Bonchev–Trinajstić information content (AvgIpc) is 2.99. The molecule has 0 radical (unpaired) electrons. The molecule has 2 aromatic heterocycles. The van der Waals surface area contributed by atoms with E-state index < -0.39 is 0 Å². The first-order valence-corrected chi connectivity index (χ1v) is 7.53. The molecule has 0 aliphatic rings. The second kappa shape index (κ2) is 5.80. The lowest BCUT2D eigenvalue weighted by atomic mass is 10.1. The van der Waals surface area contributed by atoms with Crippen molar-refractivity contribution in [2.45, 2.75) is 13.3 Å². The van der Waals surface area contributed by atoms with Crippen molar-refractivity contribution in [1.82, 2.24) is 15.1 Å². The first kappa shape index (κ1) is 14.0. The Kier molecular flexibility index (Phi) is 3.87. The maximum atomic E-state index is 9.92. The van der Waals surface area contributed by atoms with Gasteiger partial charge in [-0.2, -0.15) is 4.98 Å². The van der Waals surface area contributed by atoms with Gasteiger partial charge in [0.25, 0.3) is 5.89 Å². The van der Waals surface area contributed by atoms with E-state index in [4.69, 9.17) is 4.52 Å². The second-order valence-corrected chi connectivity index (χ2v) is 5.69. The van der Waals surface area contributed by atoms with Crippen molar-refractivity contribution in [3.63, 3.8) is 0 Å². The van der Waals surface area contributed by atoms with Crippen molar-refractivity contribution in [1.29, 1.82) is 0 Å². The van der Waals surface area contributed by atoms with Gasteiger partial charge < -0.3 is 9.63 Å². The summed E-state index contributed by atoms with van der Waals surface area (Å²) in [4.78, 5) is 8.68. The molecule has 3 aromatic rings. The zero-order valence-electron chi connectivity index (χ0n) is 11.2. The van der Waals surface area contributed by atoms with E-state index in [2.05, 4.69) is 37.7 Å². The summed E-state index contributed by atoms with van der Waals surface area (Å²) in [7, 11) is 0. The second-order valence-electron chi connectivity index (χ2n) is 4.45. The number of benzene rings is 1. The number of aromatic hydroxyl groups is 1. The largest absolute Gasteiger partial charge is 0.507 e. The number of halogens is 1. The molecule has 3 rings (SSSR count). The topological polar surface area (TPSA) is 72.0 Å². The number of nitrogens with zero attached hydrogens (tertiary/aromatic N) is 3. The lowest BCUT2D eigenvalue weighted by molar-refractivity contribution is 0.425. The molecule has 21 heavy (non-hydrogen) atoms. The lowest BCUT2D eigenvalue weighted by Crippen LogP contribution is -1.92. The number of phenols is 1. The van der Waals surface area contributed by atoms with Crippen molar-refractivity contribution >= 4 is 22.6 Å². The Labute approximate surface area is 135 Å². The molecule has 0 fully saturated rings. The van der Waals surface area contributed by atoms with Crippen molar-refractivity contribution < 1.29 is 9.63 Å². The molecule has 1 aromatic carbocycles. The van der Waals surface area contributed by atoms with E-state index in [9.17, 15) is 5.11 Å². The summed E-state index contributed by atoms with van der Waals surface area (Å²) in [6.07, 6.45) is 2.54. The molecule has 0 spiro atoms. The van der Waals surface area contributed by atoms with Gasteiger partial charge in [0.15, 0.2) is 0 Å². The highest BCUT2D eigenvalue weighted by Crippen LogP contribution is 2.31. The van der Waals surface area contributed by atoms with Crippen LogP contribution < -0.4 is 0 Å². The molecule has 106 valence electrons. The highest BCUT2D eigenvalue weighted by Gasteiger charge is 2.16. The van der Waals surface area contributed by atoms with Gasteiger partial charge in [-0.3, -0.25) is 4.98 Å². The predicted octanol–water partition coefficient (Wildman–Crippen LogP) is 3.67. The number of aryl methyl sites for hydroxylation is 1. The average molecular weight is 393 g/mol. The smallest absolute Gasteiger partial charge is 0.262 e. The van der Waals surface area contributed by atoms with Crippen LogP contribution in [0, 0.1) is 3.57 Å². The first-order valence-electron chi connectivity index (χ1n) is 6.46. The molecule has 0 aliphatic carbocycles. The minimum Gasteiger partial charge on any atom is -0.507 e. The monoisotopic (exact) mass is 393 g/mol. The van der Waals surface area contributed by atoms with Gasteiger partial charge in [-0.25, -0.2) is 0 Å². The molecule has 0 bridgehead atoms. The van der Waals surface area contributed by atoms with E-state index in [1.807, 2.05) is 25.1 Å². The Morgan fingerprint density at radius 1 is 1.29 bits per heavy atom. The summed E-state index contributed by atoms with van der Waals surface area (Å²) in [5.74, 6) is 0.830. The van der Waals surface area contributed by atoms with Crippen LogP contribution in [0.4, 0.5) is 0 Å². The molecular formula is C15H12IN3O2. The highest BCUT2D eigenvalue weighted by atomic mass is 127. The Balaban J connectivity index is 2.06. The maximum absolute atomic E-state index is 9.92. The van der Waals surface area contributed by atoms with Gasteiger partial charge in [-0.05, 0) is 58.8 Å². The van der Waals surface area contributed by atoms with Crippen LogP contribution in [0.25, 0.3) is 23.0 Å². The number of phenolic OH excluding ortho intramolecular Hbond substituents is 1. The minimum atomic E-state index is 0.113. The number of hydrogen-bond acceptors (Lipinski definition) is 5. The quantitative estimate of drug-likeness (QED) is 0.688. The zero-order chi connectivity index (χ0) is 14.8. The third-order valence-electron chi connectivity index (χ3n) is 3.10. The summed E-state index contributed by atoms with van der Waals surface area (Å²) in [5, 5.41) is 13.9. The number of rotatable bonds is 3. The van der Waals surface area contributed by atoms with Gasteiger partial charge >= 0.3 is 0 Å². The van der Waals surface area contributed by atoms with E-state index >= 15 is 0 Å². The van der Waals surface area contributed by atoms with Gasteiger partial charge in [0.05, 0.1) is 5.56 Å². The molecule has 5 nitrogen and oxygen atoms in total. The lowest BCUT2D eigenvalue weighted by Gasteiger charge is -2.01. The molecule has 0 amide bonds. The van der Waals surface area contributed by atoms with E-state index in [0.29, 0.717) is 17.1 Å². The van der Waals surface area contributed by atoms with Gasteiger partial charge in [-0.15, -0.1) is 0 Å². The summed E-state index contributed by atoms with van der Waals surface area (Å²) >= 11 is 2.17.